The number of carbonyl (C=O) groups excluding carboxylic acids is 1. The molecule has 0 atom stereocenters. The Morgan fingerprint density at radius 2 is 1.56 bits per heavy atom. The minimum atomic E-state index is 0.0712. The van der Waals surface area contributed by atoms with Gasteiger partial charge >= 0.3 is 0 Å². The third kappa shape index (κ3) is 3.72. The minimum absolute atomic E-state index is 0.0712. The first-order chi connectivity index (χ1) is 16.5. The van der Waals surface area contributed by atoms with Crippen molar-refractivity contribution in [3.05, 3.63) is 80.6 Å². The summed E-state index contributed by atoms with van der Waals surface area (Å²) in [5.74, 6) is 0.0712. The largest absolute Gasteiger partial charge is 0.338 e. The zero-order valence-electron chi connectivity index (χ0n) is 18.9. The van der Waals surface area contributed by atoms with Crippen LogP contribution in [-0.4, -0.2) is 38.8 Å². The van der Waals surface area contributed by atoms with Crippen molar-refractivity contribution in [2.24, 2.45) is 0 Å². The molecule has 2 aromatic heterocycles. The monoisotopic (exact) mass is 490 g/mol. The number of fused-ring (bicyclic) bond motifs is 4. The highest BCUT2D eigenvalue weighted by Gasteiger charge is 2.24. The molecule has 0 N–H and O–H groups in total. The Kier molecular flexibility index (Phi) is 5.44. The van der Waals surface area contributed by atoms with E-state index < -0.39 is 0 Å². The Balaban J connectivity index is 1.29. The van der Waals surface area contributed by atoms with Gasteiger partial charge in [-0.3, -0.25) is 19.7 Å². The number of amides is 1. The number of nitrogens with zero attached hydrogens (tertiary/aromatic N) is 4. The van der Waals surface area contributed by atoms with Crippen molar-refractivity contribution in [2.45, 2.75) is 39.4 Å². The van der Waals surface area contributed by atoms with E-state index in [2.05, 4.69) is 23.1 Å². The van der Waals surface area contributed by atoms with E-state index in [4.69, 9.17) is 33.2 Å². The lowest BCUT2D eigenvalue weighted by Crippen LogP contribution is -2.34. The van der Waals surface area contributed by atoms with E-state index in [1.54, 1.807) is 6.92 Å². The molecule has 2 aliphatic heterocycles. The molecule has 0 saturated carbocycles. The number of hydrogen-bond donors (Lipinski definition) is 0. The Bertz CT molecular complexity index is 1470. The van der Waals surface area contributed by atoms with Gasteiger partial charge in [-0.25, -0.2) is 0 Å². The van der Waals surface area contributed by atoms with Gasteiger partial charge in [0.1, 0.15) is 0 Å². The van der Waals surface area contributed by atoms with Crippen molar-refractivity contribution in [1.82, 2.24) is 19.8 Å². The molecule has 6 rings (SSSR count). The summed E-state index contributed by atoms with van der Waals surface area (Å²) in [4.78, 5) is 25.9. The molecule has 4 aromatic rings. The predicted octanol–water partition coefficient (Wildman–Crippen LogP) is 5.55. The summed E-state index contributed by atoms with van der Waals surface area (Å²) in [6.45, 7) is 5.32. The third-order valence-electron chi connectivity index (χ3n) is 7.04. The van der Waals surface area contributed by atoms with E-state index in [0.29, 0.717) is 13.1 Å². The molecule has 0 unspecified atom stereocenters. The van der Waals surface area contributed by atoms with Crippen molar-refractivity contribution in [3.8, 4) is 0 Å². The van der Waals surface area contributed by atoms with E-state index in [9.17, 15) is 4.79 Å². The number of carbonyl (C=O) groups is 1. The molecule has 4 heterocycles. The maximum absolute atomic E-state index is 11.9. The van der Waals surface area contributed by atoms with Crippen molar-refractivity contribution in [2.75, 3.05) is 13.1 Å². The van der Waals surface area contributed by atoms with Gasteiger partial charge in [-0.1, -0.05) is 47.5 Å². The second kappa shape index (κ2) is 8.49. The molecular weight excluding hydrogens is 467 g/mol. The van der Waals surface area contributed by atoms with Crippen molar-refractivity contribution < 1.29 is 4.79 Å². The third-order valence-corrected chi connectivity index (χ3v) is 7.90. The van der Waals surface area contributed by atoms with Gasteiger partial charge in [0.2, 0.25) is 5.91 Å². The van der Waals surface area contributed by atoms with Crippen LogP contribution in [0.2, 0.25) is 10.0 Å². The summed E-state index contributed by atoms with van der Waals surface area (Å²) < 4.78 is 0. The van der Waals surface area contributed by atoms with Crippen LogP contribution in [0.4, 0.5) is 0 Å². The summed E-state index contributed by atoms with van der Waals surface area (Å²) in [7, 11) is 0. The fourth-order valence-electron chi connectivity index (χ4n) is 5.19. The Hall–Kier alpha value is -2.73. The van der Waals surface area contributed by atoms with Crippen LogP contribution in [0.1, 0.15) is 35.0 Å². The van der Waals surface area contributed by atoms with Crippen LogP contribution in [0.3, 0.4) is 0 Å². The van der Waals surface area contributed by atoms with Crippen molar-refractivity contribution in [3.63, 3.8) is 0 Å². The number of benzene rings is 2. The first-order valence-corrected chi connectivity index (χ1v) is 12.4. The molecule has 2 aliphatic rings. The predicted molar refractivity (Wildman–Crippen MR) is 136 cm³/mol. The zero-order chi connectivity index (χ0) is 23.4. The summed E-state index contributed by atoms with van der Waals surface area (Å²) in [6.07, 6.45) is 1.62. The Morgan fingerprint density at radius 3 is 2.35 bits per heavy atom. The zero-order valence-corrected chi connectivity index (χ0v) is 20.5. The molecule has 0 bridgehead atoms. The molecule has 0 aliphatic carbocycles. The number of hydrogen-bond acceptors (Lipinski definition) is 4. The second-order valence-corrected chi connectivity index (χ2v) is 9.98. The smallest absolute Gasteiger partial charge is 0.219 e. The van der Waals surface area contributed by atoms with Crippen LogP contribution in [0.15, 0.2) is 42.5 Å². The molecule has 0 fully saturated rings. The standard InChI is InChI=1S/C27H24Cl2N4O/c1-16(34)33-11-9-25-21(15-33)27(29)19-12-17(6-7-23(19)31-25)13-32-10-8-24-20(14-32)26(28)18-4-2-3-5-22(18)30-24/h2-7,12H,8-11,13-15H2,1H3. The Labute approximate surface area is 208 Å². The van der Waals surface area contributed by atoms with Crippen LogP contribution in [0.5, 0.6) is 0 Å². The second-order valence-electron chi connectivity index (χ2n) is 9.22. The SMILES string of the molecule is CC(=O)N1CCc2nc3ccc(CN4CCc5nc6ccccc6c(Cl)c5C4)cc3c(Cl)c2C1. The molecule has 7 heteroatoms. The number of aromatic nitrogens is 2. The van der Waals surface area contributed by atoms with Crippen molar-refractivity contribution in [1.29, 1.82) is 0 Å². The molecule has 5 nitrogen and oxygen atoms in total. The number of pyridine rings is 2. The molecule has 172 valence electrons. The van der Waals surface area contributed by atoms with Gasteiger partial charge in [0.25, 0.3) is 0 Å². The summed E-state index contributed by atoms with van der Waals surface area (Å²) in [5.41, 5.74) is 7.27. The molecular formula is C27H24Cl2N4O. The Morgan fingerprint density at radius 1 is 0.882 bits per heavy atom. The van der Waals surface area contributed by atoms with Crippen LogP contribution < -0.4 is 0 Å². The highest BCUT2D eigenvalue weighted by Crippen LogP contribution is 2.34. The van der Waals surface area contributed by atoms with Gasteiger partial charge in [-0.15, -0.1) is 0 Å². The van der Waals surface area contributed by atoms with Gasteiger partial charge < -0.3 is 4.90 Å². The first kappa shape index (κ1) is 21.8. The molecule has 1 amide bonds. The maximum atomic E-state index is 11.9. The van der Waals surface area contributed by atoms with E-state index in [1.807, 2.05) is 29.2 Å². The fourth-order valence-corrected chi connectivity index (χ4v) is 5.84. The van der Waals surface area contributed by atoms with E-state index in [1.165, 1.54) is 5.56 Å². The topological polar surface area (TPSA) is 49.3 Å². The highest BCUT2D eigenvalue weighted by atomic mass is 35.5. The normalized spacial score (nSPS) is 16.0. The summed E-state index contributed by atoms with van der Waals surface area (Å²) >= 11 is 13.7. The lowest BCUT2D eigenvalue weighted by atomic mass is 10.00. The molecule has 0 radical (unpaired) electrons. The lowest BCUT2D eigenvalue weighted by Gasteiger charge is -2.30. The quantitative estimate of drug-likeness (QED) is 0.369. The van der Waals surface area contributed by atoms with Crippen LogP contribution in [-0.2, 0) is 37.3 Å². The maximum Gasteiger partial charge on any atom is 0.219 e. The first-order valence-electron chi connectivity index (χ1n) is 11.6. The minimum Gasteiger partial charge on any atom is -0.338 e. The van der Waals surface area contributed by atoms with E-state index in [-0.39, 0.29) is 5.91 Å². The fraction of sp³-hybridized carbons (Fsp3) is 0.296. The number of halogens is 2. The summed E-state index contributed by atoms with van der Waals surface area (Å²) in [6, 6.07) is 14.4. The summed E-state index contributed by atoms with van der Waals surface area (Å²) in [5, 5.41) is 3.50. The lowest BCUT2D eigenvalue weighted by molar-refractivity contribution is -0.129. The average molecular weight is 491 g/mol. The van der Waals surface area contributed by atoms with Gasteiger partial charge in [-0.05, 0) is 23.8 Å². The van der Waals surface area contributed by atoms with Gasteiger partial charge in [-0.2, -0.15) is 0 Å². The van der Waals surface area contributed by atoms with Gasteiger partial charge in [0.15, 0.2) is 0 Å². The number of para-hydroxylation sites is 1. The van der Waals surface area contributed by atoms with Crippen LogP contribution in [0, 0.1) is 0 Å². The molecule has 2 aromatic carbocycles. The van der Waals surface area contributed by atoms with Crippen LogP contribution >= 0.6 is 23.2 Å². The molecule has 0 spiro atoms. The van der Waals surface area contributed by atoms with Crippen molar-refractivity contribution >= 4 is 50.9 Å². The number of rotatable bonds is 2. The average Bonchev–Trinajstić information content (AvgIpc) is 2.85. The van der Waals surface area contributed by atoms with Gasteiger partial charge in [0.05, 0.1) is 21.1 Å². The molecule has 34 heavy (non-hydrogen) atoms. The highest BCUT2D eigenvalue weighted by molar-refractivity contribution is 6.36. The van der Waals surface area contributed by atoms with E-state index >= 15 is 0 Å². The molecule has 0 saturated heterocycles. The van der Waals surface area contributed by atoms with Gasteiger partial charge in [0, 0.05) is 85.8 Å². The van der Waals surface area contributed by atoms with Crippen LogP contribution in [0.25, 0.3) is 21.8 Å². The van der Waals surface area contributed by atoms with E-state index in [0.717, 1.165) is 86.8 Å².